The van der Waals surface area contributed by atoms with Crippen molar-refractivity contribution < 1.29 is 9.53 Å². The zero-order valence-corrected chi connectivity index (χ0v) is 19.4. The molecule has 2 aromatic carbocycles. The Bertz CT molecular complexity index is 1370. The number of hydrogen-bond donors (Lipinski definition) is 1. The third kappa shape index (κ3) is 3.96. The van der Waals surface area contributed by atoms with Crippen LogP contribution in [0.3, 0.4) is 0 Å². The molecule has 6 heteroatoms. The zero-order valence-electron chi connectivity index (χ0n) is 19.4. The fourth-order valence-electron chi connectivity index (χ4n) is 4.84. The minimum absolute atomic E-state index is 0.0426. The molecule has 2 N–H and O–H groups in total. The minimum atomic E-state index is -0.208. The van der Waals surface area contributed by atoms with Crippen molar-refractivity contribution in [2.24, 2.45) is 5.73 Å². The smallest absolute Gasteiger partial charge is 0.265 e. The van der Waals surface area contributed by atoms with Crippen molar-refractivity contribution in [3.05, 3.63) is 96.3 Å². The van der Waals surface area contributed by atoms with E-state index in [1.165, 1.54) is 6.42 Å². The van der Waals surface area contributed by atoms with Crippen molar-refractivity contribution in [2.45, 2.75) is 31.3 Å². The number of carbonyl (C=O) groups excluding carboxylic acids is 1. The molecule has 3 heterocycles. The third-order valence-electron chi connectivity index (χ3n) is 7.02. The summed E-state index contributed by atoms with van der Waals surface area (Å²) in [7, 11) is 0. The summed E-state index contributed by atoms with van der Waals surface area (Å²) in [4.78, 5) is 23.7. The predicted molar refractivity (Wildman–Crippen MR) is 136 cm³/mol. The molecule has 1 fully saturated rings. The van der Waals surface area contributed by atoms with E-state index in [0.717, 1.165) is 46.4 Å². The lowest BCUT2D eigenvalue weighted by molar-refractivity contribution is -0.121. The van der Waals surface area contributed by atoms with E-state index in [9.17, 15) is 4.79 Å². The maximum absolute atomic E-state index is 12.9. The van der Waals surface area contributed by atoms with Gasteiger partial charge < -0.3 is 15.4 Å². The Hall–Kier alpha value is -4.03. The molecule has 2 aromatic heterocycles. The highest BCUT2D eigenvalue weighted by atomic mass is 16.5. The monoisotopic (exact) mass is 462 g/mol. The number of benzene rings is 2. The normalized spacial score (nSPS) is 16.3. The molecule has 0 bridgehead atoms. The first-order valence-corrected chi connectivity index (χ1v) is 11.9. The molecule has 1 amide bonds. The van der Waals surface area contributed by atoms with Gasteiger partial charge in [-0.2, -0.15) is 0 Å². The van der Waals surface area contributed by atoms with E-state index in [-0.39, 0.29) is 18.1 Å². The van der Waals surface area contributed by atoms with Gasteiger partial charge in [0.15, 0.2) is 6.61 Å². The number of pyridine rings is 2. The van der Waals surface area contributed by atoms with Crippen LogP contribution in [0.5, 0.6) is 5.88 Å². The van der Waals surface area contributed by atoms with Crippen LogP contribution >= 0.6 is 0 Å². The van der Waals surface area contributed by atoms with Gasteiger partial charge in [-0.25, -0.2) is 4.98 Å². The highest BCUT2D eigenvalue weighted by Crippen LogP contribution is 2.42. The van der Waals surface area contributed by atoms with Crippen LogP contribution in [0.25, 0.3) is 22.4 Å². The summed E-state index contributed by atoms with van der Waals surface area (Å²) in [5.74, 6) is 0.356. The van der Waals surface area contributed by atoms with E-state index in [1.54, 1.807) is 17.3 Å². The number of carbonyl (C=O) groups is 1. The molecule has 174 valence electrons. The van der Waals surface area contributed by atoms with Crippen LogP contribution in [-0.4, -0.2) is 22.5 Å². The lowest BCUT2D eigenvalue weighted by atomic mass is 9.72. The van der Waals surface area contributed by atoms with E-state index < -0.39 is 0 Å². The van der Waals surface area contributed by atoms with Crippen LogP contribution < -0.4 is 15.4 Å². The molecule has 1 aliphatic carbocycles. The standard InChI is InChI=1S/C29H26N4O2/c30-29(13-5-14-29)23-11-9-22(10-12-23)27-24(21-7-2-1-3-8-21)16-25-28(32-27)35-19-26(34)33(25)18-20-6-4-15-31-17-20/h1-4,6-12,15-17H,5,13-14,18-19,30H2. The summed E-state index contributed by atoms with van der Waals surface area (Å²) >= 11 is 0. The van der Waals surface area contributed by atoms with Crippen molar-refractivity contribution in [3.8, 4) is 28.3 Å². The fraction of sp³-hybridized carbons (Fsp3) is 0.207. The molecule has 1 aliphatic heterocycles. The number of ether oxygens (including phenoxy) is 1. The van der Waals surface area contributed by atoms with Gasteiger partial charge in [-0.1, -0.05) is 60.7 Å². The fourth-order valence-corrected chi connectivity index (χ4v) is 4.84. The van der Waals surface area contributed by atoms with Gasteiger partial charge >= 0.3 is 0 Å². The van der Waals surface area contributed by atoms with Crippen LogP contribution in [-0.2, 0) is 16.9 Å². The molecule has 0 saturated heterocycles. The average molecular weight is 463 g/mol. The second-order valence-electron chi connectivity index (χ2n) is 9.29. The lowest BCUT2D eigenvalue weighted by Crippen LogP contribution is -2.43. The Morgan fingerprint density at radius 1 is 0.971 bits per heavy atom. The number of aromatic nitrogens is 2. The number of amides is 1. The highest BCUT2D eigenvalue weighted by Gasteiger charge is 2.34. The van der Waals surface area contributed by atoms with Gasteiger partial charge in [-0.3, -0.25) is 9.78 Å². The summed E-state index contributed by atoms with van der Waals surface area (Å²) in [6, 6.07) is 24.4. The Morgan fingerprint density at radius 3 is 2.46 bits per heavy atom. The summed E-state index contributed by atoms with van der Waals surface area (Å²) in [5, 5.41) is 0. The molecule has 0 spiro atoms. The molecule has 6 nitrogen and oxygen atoms in total. The van der Waals surface area contributed by atoms with Crippen molar-refractivity contribution in [2.75, 3.05) is 11.5 Å². The van der Waals surface area contributed by atoms with E-state index in [0.29, 0.717) is 18.1 Å². The Kier molecular flexibility index (Phi) is 5.30. The second kappa shape index (κ2) is 8.64. The first-order valence-electron chi connectivity index (χ1n) is 11.9. The molecular weight excluding hydrogens is 436 g/mol. The van der Waals surface area contributed by atoms with Gasteiger partial charge in [0.1, 0.15) is 5.69 Å². The number of anilines is 1. The number of nitrogens with two attached hydrogens (primary N) is 1. The van der Waals surface area contributed by atoms with Gasteiger partial charge in [0.05, 0.1) is 12.2 Å². The SMILES string of the molecule is NC1(c2ccc(-c3nc4c(cc3-c3ccccc3)N(Cc3cccnc3)C(=O)CO4)cc2)CCC1. The van der Waals surface area contributed by atoms with Crippen molar-refractivity contribution in [3.63, 3.8) is 0 Å². The number of fused-ring (bicyclic) bond motifs is 1. The summed E-state index contributed by atoms with van der Waals surface area (Å²) in [6.45, 7) is 0.366. The van der Waals surface area contributed by atoms with Gasteiger partial charge in [-0.05, 0) is 48.1 Å². The minimum Gasteiger partial charge on any atom is -0.466 e. The summed E-state index contributed by atoms with van der Waals surface area (Å²) in [6.07, 6.45) is 6.72. The van der Waals surface area contributed by atoms with Gasteiger partial charge in [0, 0.05) is 29.1 Å². The quantitative estimate of drug-likeness (QED) is 0.448. The van der Waals surface area contributed by atoms with Gasteiger partial charge in [0.2, 0.25) is 5.88 Å². The average Bonchev–Trinajstić information content (AvgIpc) is 2.89. The van der Waals surface area contributed by atoms with Crippen LogP contribution in [0, 0.1) is 0 Å². The number of rotatable bonds is 5. The van der Waals surface area contributed by atoms with Crippen molar-refractivity contribution in [1.82, 2.24) is 9.97 Å². The van der Waals surface area contributed by atoms with Crippen molar-refractivity contribution >= 4 is 11.6 Å². The Balaban J connectivity index is 1.46. The lowest BCUT2D eigenvalue weighted by Gasteiger charge is -2.38. The van der Waals surface area contributed by atoms with E-state index >= 15 is 0 Å². The topological polar surface area (TPSA) is 81.3 Å². The second-order valence-corrected chi connectivity index (χ2v) is 9.29. The van der Waals surface area contributed by atoms with Crippen LogP contribution in [0.4, 0.5) is 5.69 Å². The Labute approximate surface area is 204 Å². The van der Waals surface area contributed by atoms with Crippen LogP contribution in [0.1, 0.15) is 30.4 Å². The third-order valence-corrected chi connectivity index (χ3v) is 7.02. The maximum atomic E-state index is 12.9. The summed E-state index contributed by atoms with van der Waals surface area (Å²) < 4.78 is 5.82. The largest absolute Gasteiger partial charge is 0.466 e. The molecule has 0 atom stereocenters. The van der Waals surface area contributed by atoms with Gasteiger partial charge in [-0.15, -0.1) is 0 Å². The first kappa shape index (κ1) is 21.5. The molecule has 0 unspecified atom stereocenters. The van der Waals surface area contributed by atoms with Gasteiger partial charge in [0.25, 0.3) is 5.91 Å². The van der Waals surface area contributed by atoms with Crippen LogP contribution in [0.2, 0.25) is 0 Å². The molecule has 4 aromatic rings. The molecule has 1 saturated carbocycles. The van der Waals surface area contributed by atoms with E-state index in [4.69, 9.17) is 15.5 Å². The molecule has 0 radical (unpaired) electrons. The number of hydrogen-bond acceptors (Lipinski definition) is 5. The van der Waals surface area contributed by atoms with Crippen LogP contribution in [0.15, 0.2) is 85.2 Å². The summed E-state index contributed by atoms with van der Waals surface area (Å²) in [5.41, 5.74) is 12.9. The molecular formula is C29H26N4O2. The molecule has 2 aliphatic rings. The molecule has 35 heavy (non-hydrogen) atoms. The Morgan fingerprint density at radius 2 is 1.77 bits per heavy atom. The molecule has 6 rings (SSSR count). The zero-order chi connectivity index (χ0) is 23.8. The van der Waals surface area contributed by atoms with Crippen molar-refractivity contribution in [1.29, 1.82) is 0 Å². The highest BCUT2D eigenvalue weighted by molar-refractivity contribution is 5.99. The predicted octanol–water partition coefficient (Wildman–Crippen LogP) is 5.07. The van der Waals surface area contributed by atoms with E-state index in [1.807, 2.05) is 36.4 Å². The first-order chi connectivity index (χ1) is 17.1. The maximum Gasteiger partial charge on any atom is 0.265 e. The van der Waals surface area contributed by atoms with E-state index in [2.05, 4.69) is 41.4 Å². The number of nitrogens with zero attached hydrogens (tertiary/aromatic N) is 3.